The second-order valence-electron chi connectivity index (χ2n) is 4.95. The molecular formula is C12H16N4O2. The van der Waals surface area contributed by atoms with E-state index in [2.05, 4.69) is 15.2 Å². The lowest BCUT2D eigenvalue weighted by atomic mass is 10.1. The van der Waals surface area contributed by atoms with Crippen LogP contribution in [0.4, 0.5) is 11.5 Å². The monoisotopic (exact) mass is 248 g/mol. The summed E-state index contributed by atoms with van der Waals surface area (Å²) in [5, 5.41) is 14.0. The first-order valence-electron chi connectivity index (χ1n) is 6.35. The van der Waals surface area contributed by atoms with Crippen LogP contribution in [0.1, 0.15) is 19.3 Å². The molecule has 0 amide bonds. The van der Waals surface area contributed by atoms with E-state index in [1.807, 2.05) is 0 Å². The number of aromatic nitrogens is 1. The van der Waals surface area contributed by atoms with Crippen molar-refractivity contribution < 1.29 is 4.92 Å². The van der Waals surface area contributed by atoms with Gasteiger partial charge in [-0.1, -0.05) is 0 Å². The molecular weight excluding hydrogens is 232 g/mol. The average Bonchev–Trinajstić information content (AvgIpc) is 2.95. The highest BCUT2D eigenvalue weighted by atomic mass is 16.6. The zero-order chi connectivity index (χ0) is 12.5. The Morgan fingerprint density at radius 1 is 1.39 bits per heavy atom. The van der Waals surface area contributed by atoms with Crippen molar-refractivity contribution in [2.45, 2.75) is 31.3 Å². The summed E-state index contributed by atoms with van der Waals surface area (Å²) in [7, 11) is 0. The molecule has 6 nitrogen and oxygen atoms in total. The van der Waals surface area contributed by atoms with Crippen molar-refractivity contribution in [3.05, 3.63) is 28.4 Å². The van der Waals surface area contributed by atoms with Crippen molar-refractivity contribution in [1.29, 1.82) is 0 Å². The van der Waals surface area contributed by atoms with Crippen molar-refractivity contribution >= 4 is 11.5 Å². The maximum Gasteiger partial charge on any atom is 0.363 e. The van der Waals surface area contributed by atoms with Crippen LogP contribution >= 0.6 is 0 Å². The van der Waals surface area contributed by atoms with E-state index in [1.54, 1.807) is 12.3 Å². The third-order valence-corrected chi connectivity index (χ3v) is 3.89. The molecule has 1 N–H and O–H groups in total. The van der Waals surface area contributed by atoms with Gasteiger partial charge in [0.15, 0.2) is 6.20 Å². The average molecular weight is 248 g/mol. The Morgan fingerprint density at radius 2 is 2.28 bits per heavy atom. The molecule has 2 unspecified atom stereocenters. The second-order valence-corrected chi connectivity index (χ2v) is 4.95. The minimum atomic E-state index is -0.474. The molecule has 2 aliphatic heterocycles. The number of pyridine rings is 1. The van der Waals surface area contributed by atoms with Crippen LogP contribution in [0, 0.1) is 10.1 Å². The Labute approximate surface area is 105 Å². The van der Waals surface area contributed by atoms with E-state index < -0.39 is 4.92 Å². The van der Waals surface area contributed by atoms with E-state index in [-0.39, 0.29) is 5.82 Å². The Kier molecular flexibility index (Phi) is 2.87. The van der Waals surface area contributed by atoms with Gasteiger partial charge in [-0.2, -0.15) is 0 Å². The SMILES string of the molecule is O=[N+]([O-])c1ccc(NC2CCN3CCCC23)cn1. The first kappa shape index (κ1) is 11.4. The van der Waals surface area contributed by atoms with Crippen LogP contribution < -0.4 is 5.32 Å². The highest BCUT2D eigenvalue weighted by Gasteiger charge is 2.37. The van der Waals surface area contributed by atoms with Crippen molar-refractivity contribution in [3.63, 3.8) is 0 Å². The van der Waals surface area contributed by atoms with Gasteiger partial charge in [0, 0.05) is 24.7 Å². The highest BCUT2D eigenvalue weighted by molar-refractivity contribution is 5.45. The van der Waals surface area contributed by atoms with Gasteiger partial charge < -0.3 is 15.4 Å². The number of rotatable bonds is 3. The minimum absolute atomic E-state index is 0.102. The van der Waals surface area contributed by atoms with Gasteiger partial charge in [-0.25, -0.2) is 0 Å². The predicted molar refractivity (Wildman–Crippen MR) is 67.5 cm³/mol. The standard InChI is InChI=1S/C12H16N4O2/c17-16(18)12-4-3-9(8-13-12)14-10-5-7-15-6-1-2-11(10)15/h3-4,8,10-11,14H,1-2,5-7H2. The largest absolute Gasteiger partial charge is 0.378 e. The van der Waals surface area contributed by atoms with Crippen molar-refractivity contribution in [1.82, 2.24) is 9.88 Å². The summed E-state index contributed by atoms with van der Waals surface area (Å²) in [4.78, 5) is 16.4. The third kappa shape index (κ3) is 2.03. The molecule has 2 atom stereocenters. The quantitative estimate of drug-likeness (QED) is 0.650. The normalized spacial score (nSPS) is 27.1. The molecule has 1 aromatic rings. The van der Waals surface area contributed by atoms with Gasteiger partial charge in [-0.15, -0.1) is 0 Å². The fourth-order valence-electron chi connectivity index (χ4n) is 3.04. The number of anilines is 1. The van der Waals surface area contributed by atoms with E-state index in [0.717, 1.165) is 18.7 Å². The summed E-state index contributed by atoms with van der Waals surface area (Å²) in [5.74, 6) is -0.102. The minimum Gasteiger partial charge on any atom is -0.378 e. The molecule has 3 heterocycles. The summed E-state index contributed by atoms with van der Waals surface area (Å²) in [6.45, 7) is 2.37. The molecule has 0 saturated carbocycles. The molecule has 0 bridgehead atoms. The van der Waals surface area contributed by atoms with Crippen molar-refractivity contribution in [2.75, 3.05) is 18.4 Å². The summed E-state index contributed by atoms with van der Waals surface area (Å²) in [5.41, 5.74) is 0.874. The van der Waals surface area contributed by atoms with Gasteiger partial charge in [0.05, 0.1) is 5.69 Å². The van der Waals surface area contributed by atoms with Gasteiger partial charge >= 0.3 is 5.82 Å². The van der Waals surface area contributed by atoms with Crippen LogP contribution in [0.15, 0.2) is 18.3 Å². The maximum atomic E-state index is 10.5. The van der Waals surface area contributed by atoms with E-state index in [1.165, 1.54) is 25.5 Å². The Morgan fingerprint density at radius 3 is 3.00 bits per heavy atom. The van der Waals surface area contributed by atoms with E-state index >= 15 is 0 Å². The molecule has 3 rings (SSSR count). The van der Waals surface area contributed by atoms with Crippen molar-refractivity contribution in [2.24, 2.45) is 0 Å². The molecule has 6 heteroatoms. The summed E-state index contributed by atoms with van der Waals surface area (Å²) in [6.07, 6.45) is 5.22. The van der Waals surface area contributed by atoms with E-state index in [0.29, 0.717) is 12.1 Å². The molecule has 0 aliphatic carbocycles. The lowest BCUT2D eigenvalue weighted by Crippen LogP contribution is -2.33. The Bertz CT molecular complexity index is 448. The van der Waals surface area contributed by atoms with Crippen LogP contribution in [0.5, 0.6) is 0 Å². The number of nitro groups is 1. The van der Waals surface area contributed by atoms with Crippen LogP contribution in [0.25, 0.3) is 0 Å². The van der Waals surface area contributed by atoms with Gasteiger partial charge in [-0.05, 0) is 41.8 Å². The maximum absolute atomic E-state index is 10.5. The van der Waals surface area contributed by atoms with Crippen LogP contribution in [0.3, 0.4) is 0 Å². The molecule has 0 aromatic carbocycles. The van der Waals surface area contributed by atoms with Gasteiger partial charge in [0.1, 0.15) is 0 Å². The van der Waals surface area contributed by atoms with Crippen LogP contribution in [-0.2, 0) is 0 Å². The molecule has 2 fully saturated rings. The van der Waals surface area contributed by atoms with Gasteiger partial charge in [0.2, 0.25) is 0 Å². The zero-order valence-electron chi connectivity index (χ0n) is 10.1. The number of fused-ring (bicyclic) bond motifs is 1. The first-order valence-corrected chi connectivity index (χ1v) is 6.35. The van der Waals surface area contributed by atoms with E-state index in [4.69, 9.17) is 0 Å². The number of hydrogen-bond donors (Lipinski definition) is 1. The Hall–Kier alpha value is -1.69. The highest BCUT2D eigenvalue weighted by Crippen LogP contribution is 2.30. The molecule has 18 heavy (non-hydrogen) atoms. The topological polar surface area (TPSA) is 71.3 Å². The smallest absolute Gasteiger partial charge is 0.363 e. The second kappa shape index (κ2) is 4.53. The number of hydrogen-bond acceptors (Lipinski definition) is 5. The first-order chi connectivity index (χ1) is 8.74. The molecule has 0 radical (unpaired) electrons. The van der Waals surface area contributed by atoms with Gasteiger partial charge in [0.25, 0.3) is 0 Å². The lowest BCUT2D eigenvalue weighted by Gasteiger charge is -2.21. The zero-order valence-corrected chi connectivity index (χ0v) is 10.1. The fourth-order valence-corrected chi connectivity index (χ4v) is 3.04. The van der Waals surface area contributed by atoms with Crippen LogP contribution in [0.2, 0.25) is 0 Å². The van der Waals surface area contributed by atoms with E-state index in [9.17, 15) is 10.1 Å². The molecule has 2 aliphatic rings. The summed E-state index contributed by atoms with van der Waals surface area (Å²) < 4.78 is 0. The summed E-state index contributed by atoms with van der Waals surface area (Å²) in [6, 6.07) is 4.27. The number of nitrogens with one attached hydrogen (secondary N) is 1. The summed E-state index contributed by atoms with van der Waals surface area (Å²) >= 11 is 0. The Balaban J connectivity index is 1.67. The number of nitrogens with zero attached hydrogens (tertiary/aromatic N) is 3. The van der Waals surface area contributed by atoms with Gasteiger partial charge in [-0.3, -0.25) is 4.90 Å². The third-order valence-electron chi connectivity index (χ3n) is 3.89. The van der Waals surface area contributed by atoms with Crippen LogP contribution in [-0.4, -0.2) is 40.0 Å². The molecule has 2 saturated heterocycles. The molecule has 0 spiro atoms. The predicted octanol–water partition coefficient (Wildman–Crippen LogP) is 1.64. The molecule has 96 valence electrons. The molecule has 1 aromatic heterocycles. The fraction of sp³-hybridized carbons (Fsp3) is 0.583. The van der Waals surface area contributed by atoms with Crippen molar-refractivity contribution in [3.8, 4) is 0 Å². The lowest BCUT2D eigenvalue weighted by molar-refractivity contribution is -0.389.